The Kier molecular flexibility index (Phi) is 3.71. The number of phenolic OH excluding ortho intramolecular Hbond substituents is 1. The molecule has 3 nitrogen and oxygen atoms in total. The molecule has 0 aliphatic carbocycles. The Balaban J connectivity index is 2.37. The second kappa shape index (κ2) is 5.06. The van der Waals surface area contributed by atoms with Crippen LogP contribution in [-0.2, 0) is 0 Å². The third kappa shape index (κ3) is 2.18. The maximum atomic E-state index is 10.1. The molecule has 88 valence electrons. The molecular weight excluding hydrogens is 270 g/mol. The lowest BCUT2D eigenvalue weighted by Gasteiger charge is -2.25. The number of benzene rings is 1. The molecule has 1 aromatic carbocycles. The highest BCUT2D eigenvalue weighted by Crippen LogP contribution is 2.41. The van der Waals surface area contributed by atoms with Crippen LogP contribution in [0.3, 0.4) is 0 Å². The molecule has 1 aliphatic rings. The normalized spacial score (nSPS) is 20.8. The second-order valence-corrected chi connectivity index (χ2v) is 4.91. The number of rotatable bonds is 2. The van der Waals surface area contributed by atoms with Crippen molar-refractivity contribution in [1.82, 2.24) is 5.32 Å². The van der Waals surface area contributed by atoms with Crippen LogP contribution in [0.5, 0.6) is 11.5 Å². The third-order valence-corrected chi connectivity index (χ3v) is 3.74. The first-order valence-electron chi connectivity index (χ1n) is 5.50. The predicted octanol–water partition coefficient (Wildman–Crippen LogP) is 2.63. The zero-order valence-corrected chi connectivity index (χ0v) is 10.9. The lowest BCUT2D eigenvalue weighted by atomic mass is 9.91. The van der Waals surface area contributed by atoms with E-state index in [1.165, 1.54) is 0 Å². The number of halogens is 1. The quantitative estimate of drug-likeness (QED) is 0.878. The molecule has 1 fully saturated rings. The van der Waals surface area contributed by atoms with Crippen molar-refractivity contribution in [2.24, 2.45) is 0 Å². The first kappa shape index (κ1) is 11.7. The number of hydrogen-bond acceptors (Lipinski definition) is 3. The average Bonchev–Trinajstić information content (AvgIpc) is 2.31. The van der Waals surface area contributed by atoms with Gasteiger partial charge in [0.2, 0.25) is 0 Å². The van der Waals surface area contributed by atoms with Crippen LogP contribution in [0.25, 0.3) is 0 Å². The Labute approximate surface area is 104 Å². The molecule has 1 aliphatic heterocycles. The number of ether oxygens (including phenoxy) is 1. The van der Waals surface area contributed by atoms with Crippen molar-refractivity contribution < 1.29 is 9.84 Å². The van der Waals surface area contributed by atoms with Crippen LogP contribution in [0.2, 0.25) is 0 Å². The molecule has 0 amide bonds. The SMILES string of the molecule is COc1ccc(Br)c(C2CCCNC2)c1O. The number of nitrogens with one attached hydrogen (secondary N) is 1. The van der Waals surface area contributed by atoms with Gasteiger partial charge in [0.05, 0.1) is 7.11 Å². The molecule has 1 atom stereocenters. The second-order valence-electron chi connectivity index (χ2n) is 4.06. The van der Waals surface area contributed by atoms with E-state index in [9.17, 15) is 5.11 Å². The fourth-order valence-corrected chi connectivity index (χ4v) is 2.86. The van der Waals surface area contributed by atoms with E-state index >= 15 is 0 Å². The van der Waals surface area contributed by atoms with Gasteiger partial charge < -0.3 is 15.2 Å². The Morgan fingerprint density at radius 3 is 2.94 bits per heavy atom. The molecule has 1 saturated heterocycles. The maximum absolute atomic E-state index is 10.1. The number of hydrogen-bond donors (Lipinski definition) is 2. The zero-order valence-electron chi connectivity index (χ0n) is 9.29. The highest BCUT2D eigenvalue weighted by molar-refractivity contribution is 9.10. The van der Waals surface area contributed by atoms with Gasteiger partial charge in [0, 0.05) is 22.5 Å². The summed E-state index contributed by atoms with van der Waals surface area (Å²) < 4.78 is 6.10. The Bertz CT molecular complexity index is 376. The van der Waals surface area contributed by atoms with E-state index in [0.29, 0.717) is 11.7 Å². The molecule has 0 aromatic heterocycles. The fourth-order valence-electron chi connectivity index (χ4n) is 2.21. The summed E-state index contributed by atoms with van der Waals surface area (Å²) >= 11 is 3.50. The van der Waals surface area contributed by atoms with E-state index < -0.39 is 0 Å². The number of phenols is 1. The van der Waals surface area contributed by atoms with Gasteiger partial charge in [-0.2, -0.15) is 0 Å². The topological polar surface area (TPSA) is 41.5 Å². The maximum Gasteiger partial charge on any atom is 0.162 e. The average molecular weight is 286 g/mol. The number of aromatic hydroxyl groups is 1. The molecule has 1 aromatic rings. The minimum Gasteiger partial charge on any atom is -0.504 e. The summed E-state index contributed by atoms with van der Waals surface area (Å²) in [6.45, 7) is 1.98. The Morgan fingerprint density at radius 2 is 2.31 bits per heavy atom. The summed E-state index contributed by atoms with van der Waals surface area (Å²) in [5, 5.41) is 13.5. The van der Waals surface area contributed by atoms with E-state index in [4.69, 9.17) is 4.74 Å². The van der Waals surface area contributed by atoms with Gasteiger partial charge in [0.15, 0.2) is 11.5 Å². The molecule has 1 heterocycles. The highest BCUT2D eigenvalue weighted by atomic mass is 79.9. The van der Waals surface area contributed by atoms with Gasteiger partial charge in [-0.05, 0) is 31.5 Å². The van der Waals surface area contributed by atoms with Crippen LogP contribution in [0, 0.1) is 0 Å². The fraction of sp³-hybridized carbons (Fsp3) is 0.500. The monoisotopic (exact) mass is 285 g/mol. The van der Waals surface area contributed by atoms with Crippen molar-refractivity contribution in [3.8, 4) is 11.5 Å². The van der Waals surface area contributed by atoms with Crippen molar-refractivity contribution >= 4 is 15.9 Å². The largest absolute Gasteiger partial charge is 0.504 e. The molecule has 2 N–H and O–H groups in total. The minimum atomic E-state index is 0.269. The van der Waals surface area contributed by atoms with Crippen LogP contribution in [-0.4, -0.2) is 25.3 Å². The number of piperidine rings is 1. The molecular formula is C12H16BrNO2. The van der Waals surface area contributed by atoms with Crippen LogP contribution >= 0.6 is 15.9 Å². The van der Waals surface area contributed by atoms with Crippen LogP contribution in [0.1, 0.15) is 24.3 Å². The summed E-state index contributed by atoms with van der Waals surface area (Å²) in [5.74, 6) is 1.17. The third-order valence-electron chi connectivity index (χ3n) is 3.05. The van der Waals surface area contributed by atoms with E-state index in [1.54, 1.807) is 13.2 Å². The molecule has 0 spiro atoms. The van der Waals surface area contributed by atoms with E-state index in [1.807, 2.05) is 6.07 Å². The zero-order chi connectivity index (χ0) is 11.5. The minimum absolute atomic E-state index is 0.269. The van der Waals surface area contributed by atoms with Crippen LogP contribution < -0.4 is 10.1 Å². The molecule has 4 heteroatoms. The van der Waals surface area contributed by atoms with Crippen molar-refractivity contribution in [1.29, 1.82) is 0 Å². The van der Waals surface area contributed by atoms with E-state index in [0.717, 1.165) is 36.0 Å². The van der Waals surface area contributed by atoms with Gasteiger partial charge >= 0.3 is 0 Å². The van der Waals surface area contributed by atoms with E-state index in [-0.39, 0.29) is 5.75 Å². The smallest absolute Gasteiger partial charge is 0.162 e. The lowest BCUT2D eigenvalue weighted by Crippen LogP contribution is -2.28. The summed E-state index contributed by atoms with van der Waals surface area (Å²) in [6.07, 6.45) is 2.25. The standard InChI is InChI=1S/C12H16BrNO2/c1-16-10-5-4-9(13)11(12(10)15)8-3-2-6-14-7-8/h4-5,8,14-15H,2-3,6-7H2,1H3. The van der Waals surface area contributed by atoms with Crippen molar-refractivity contribution in [3.63, 3.8) is 0 Å². The number of methoxy groups -OCH3 is 1. The Morgan fingerprint density at radius 1 is 1.50 bits per heavy atom. The molecule has 2 rings (SSSR count). The van der Waals surface area contributed by atoms with E-state index in [2.05, 4.69) is 21.2 Å². The predicted molar refractivity (Wildman–Crippen MR) is 67.2 cm³/mol. The van der Waals surface area contributed by atoms with Gasteiger partial charge in [0.25, 0.3) is 0 Å². The summed E-state index contributed by atoms with van der Waals surface area (Å²) in [7, 11) is 1.58. The van der Waals surface area contributed by atoms with Gasteiger partial charge in [-0.15, -0.1) is 0 Å². The summed E-state index contributed by atoms with van der Waals surface area (Å²) in [6, 6.07) is 3.71. The summed E-state index contributed by atoms with van der Waals surface area (Å²) in [4.78, 5) is 0. The van der Waals surface area contributed by atoms with Crippen LogP contribution in [0.4, 0.5) is 0 Å². The van der Waals surface area contributed by atoms with Gasteiger partial charge in [0.1, 0.15) is 0 Å². The lowest BCUT2D eigenvalue weighted by molar-refractivity contribution is 0.362. The Hall–Kier alpha value is -0.740. The highest BCUT2D eigenvalue weighted by Gasteiger charge is 2.22. The molecule has 16 heavy (non-hydrogen) atoms. The van der Waals surface area contributed by atoms with Crippen molar-refractivity contribution in [2.75, 3.05) is 20.2 Å². The molecule has 0 bridgehead atoms. The van der Waals surface area contributed by atoms with Crippen molar-refractivity contribution in [3.05, 3.63) is 22.2 Å². The van der Waals surface area contributed by atoms with Gasteiger partial charge in [-0.25, -0.2) is 0 Å². The summed E-state index contributed by atoms with van der Waals surface area (Å²) in [5.41, 5.74) is 0.964. The molecule has 0 saturated carbocycles. The molecule has 0 radical (unpaired) electrons. The first-order chi connectivity index (χ1) is 7.74. The van der Waals surface area contributed by atoms with Gasteiger partial charge in [-0.3, -0.25) is 0 Å². The van der Waals surface area contributed by atoms with Crippen LogP contribution in [0.15, 0.2) is 16.6 Å². The van der Waals surface area contributed by atoms with Gasteiger partial charge in [-0.1, -0.05) is 15.9 Å². The van der Waals surface area contributed by atoms with Crippen molar-refractivity contribution in [2.45, 2.75) is 18.8 Å². The first-order valence-corrected chi connectivity index (χ1v) is 6.29. The molecule has 1 unspecified atom stereocenters.